The smallest absolute Gasteiger partial charge is 0.356 e. The molecule has 5 heteroatoms. The summed E-state index contributed by atoms with van der Waals surface area (Å²) in [5.74, 6) is 0.185. The predicted molar refractivity (Wildman–Crippen MR) is 45.4 cm³/mol. The normalized spacial score (nSPS) is 12.5. The molecule has 72 valence electrons. The van der Waals surface area contributed by atoms with Crippen molar-refractivity contribution >= 4 is 5.97 Å². The average Bonchev–Trinajstić information content (AvgIpc) is 2.64. The number of imidazole rings is 1. The van der Waals surface area contributed by atoms with Crippen LogP contribution in [0.2, 0.25) is 0 Å². The quantitative estimate of drug-likeness (QED) is 0.709. The van der Waals surface area contributed by atoms with Gasteiger partial charge < -0.3 is 14.5 Å². The van der Waals surface area contributed by atoms with Gasteiger partial charge in [-0.1, -0.05) is 0 Å². The highest BCUT2D eigenvalue weighted by atomic mass is 16.5. The molecule has 1 aromatic heterocycles. The lowest BCUT2D eigenvalue weighted by atomic mass is 10.4. The Morgan fingerprint density at radius 1 is 1.62 bits per heavy atom. The van der Waals surface area contributed by atoms with E-state index in [4.69, 9.17) is 4.74 Å². The Hall–Kier alpha value is -1.36. The van der Waals surface area contributed by atoms with Crippen LogP contribution < -0.4 is 0 Å². The van der Waals surface area contributed by atoms with E-state index in [9.17, 15) is 4.79 Å². The molecule has 0 saturated heterocycles. The molecule has 0 aromatic carbocycles. The van der Waals surface area contributed by atoms with Gasteiger partial charge in [0.2, 0.25) is 0 Å². The number of rotatable bonds is 3. The second-order valence-electron chi connectivity index (χ2n) is 2.55. The van der Waals surface area contributed by atoms with Gasteiger partial charge in [0.05, 0.1) is 13.3 Å². The van der Waals surface area contributed by atoms with E-state index in [-0.39, 0.29) is 6.10 Å². The summed E-state index contributed by atoms with van der Waals surface area (Å²) in [5.41, 5.74) is 0.335. The number of aromatic amines is 1. The number of aromatic nitrogens is 2. The first-order chi connectivity index (χ1) is 6.19. The zero-order valence-electron chi connectivity index (χ0n) is 7.83. The molecular weight excluding hydrogens is 172 g/mol. The number of ether oxygens (including phenoxy) is 2. The summed E-state index contributed by atoms with van der Waals surface area (Å²) in [6, 6.07) is 0. The molecular formula is C8H12N2O3. The summed E-state index contributed by atoms with van der Waals surface area (Å²) in [6.07, 6.45) is 1.27. The van der Waals surface area contributed by atoms with Crippen molar-refractivity contribution in [1.29, 1.82) is 0 Å². The first kappa shape index (κ1) is 9.73. The molecule has 0 aliphatic rings. The van der Waals surface area contributed by atoms with E-state index in [2.05, 4.69) is 14.7 Å². The third-order valence-corrected chi connectivity index (χ3v) is 1.74. The van der Waals surface area contributed by atoms with Crippen molar-refractivity contribution < 1.29 is 14.3 Å². The van der Waals surface area contributed by atoms with Gasteiger partial charge in [0.1, 0.15) is 17.6 Å². The van der Waals surface area contributed by atoms with Gasteiger partial charge in [-0.3, -0.25) is 0 Å². The van der Waals surface area contributed by atoms with E-state index in [0.717, 1.165) is 0 Å². The first-order valence-corrected chi connectivity index (χ1v) is 3.85. The maximum absolute atomic E-state index is 11.0. The lowest BCUT2D eigenvalue weighted by Crippen LogP contribution is -2.03. The Kier molecular flexibility index (Phi) is 3.02. The minimum absolute atomic E-state index is 0.154. The van der Waals surface area contributed by atoms with Crippen LogP contribution in [0.5, 0.6) is 0 Å². The van der Waals surface area contributed by atoms with Crippen molar-refractivity contribution in [3.8, 4) is 0 Å². The van der Waals surface area contributed by atoms with Crippen LogP contribution in [-0.4, -0.2) is 30.2 Å². The van der Waals surface area contributed by atoms with Crippen molar-refractivity contribution in [3.05, 3.63) is 17.7 Å². The zero-order chi connectivity index (χ0) is 9.84. The van der Waals surface area contributed by atoms with Crippen LogP contribution in [0, 0.1) is 0 Å². The largest absolute Gasteiger partial charge is 0.464 e. The molecule has 0 spiro atoms. The van der Waals surface area contributed by atoms with E-state index < -0.39 is 5.97 Å². The number of hydrogen-bond donors (Lipinski definition) is 1. The third-order valence-electron chi connectivity index (χ3n) is 1.74. The summed E-state index contributed by atoms with van der Waals surface area (Å²) in [6.45, 7) is 1.83. The molecule has 0 fully saturated rings. The average molecular weight is 184 g/mol. The maximum atomic E-state index is 11.0. The molecule has 13 heavy (non-hydrogen) atoms. The molecule has 0 aliphatic heterocycles. The molecule has 1 aromatic rings. The van der Waals surface area contributed by atoms with Crippen molar-refractivity contribution in [2.24, 2.45) is 0 Å². The van der Waals surface area contributed by atoms with Gasteiger partial charge in [-0.2, -0.15) is 0 Å². The summed E-state index contributed by atoms with van der Waals surface area (Å²) in [7, 11) is 2.90. The molecule has 0 radical (unpaired) electrons. The van der Waals surface area contributed by atoms with Crippen molar-refractivity contribution in [2.75, 3.05) is 14.2 Å². The molecule has 0 amide bonds. The molecule has 1 heterocycles. The van der Waals surface area contributed by atoms with Crippen LogP contribution in [0.4, 0.5) is 0 Å². The number of hydrogen-bond acceptors (Lipinski definition) is 4. The Morgan fingerprint density at radius 3 is 2.85 bits per heavy atom. The highest BCUT2D eigenvalue weighted by Crippen LogP contribution is 2.11. The monoisotopic (exact) mass is 184 g/mol. The molecule has 1 rings (SSSR count). The molecule has 0 aliphatic carbocycles. The SMILES string of the molecule is COC(=O)c1cnc(C(C)OC)[nH]1. The van der Waals surface area contributed by atoms with Gasteiger partial charge in [-0.25, -0.2) is 9.78 Å². The van der Waals surface area contributed by atoms with E-state index in [1.807, 2.05) is 6.92 Å². The van der Waals surface area contributed by atoms with Crippen LogP contribution in [0.3, 0.4) is 0 Å². The fourth-order valence-corrected chi connectivity index (χ4v) is 0.869. The Balaban J connectivity index is 2.80. The number of methoxy groups -OCH3 is 2. The minimum Gasteiger partial charge on any atom is -0.464 e. The van der Waals surface area contributed by atoms with Gasteiger partial charge in [0.15, 0.2) is 0 Å². The zero-order valence-corrected chi connectivity index (χ0v) is 7.83. The molecule has 0 saturated carbocycles. The molecule has 1 unspecified atom stereocenters. The summed E-state index contributed by atoms with van der Waals surface area (Å²) >= 11 is 0. The van der Waals surface area contributed by atoms with E-state index in [1.165, 1.54) is 13.3 Å². The second kappa shape index (κ2) is 4.04. The van der Waals surface area contributed by atoms with Crippen molar-refractivity contribution in [3.63, 3.8) is 0 Å². The van der Waals surface area contributed by atoms with Crippen LogP contribution in [-0.2, 0) is 9.47 Å². The van der Waals surface area contributed by atoms with Crippen LogP contribution in [0.1, 0.15) is 29.3 Å². The van der Waals surface area contributed by atoms with E-state index >= 15 is 0 Å². The van der Waals surface area contributed by atoms with E-state index in [1.54, 1.807) is 7.11 Å². The molecule has 0 bridgehead atoms. The Bertz CT molecular complexity index is 295. The van der Waals surface area contributed by atoms with Crippen molar-refractivity contribution in [2.45, 2.75) is 13.0 Å². The van der Waals surface area contributed by atoms with Crippen LogP contribution >= 0.6 is 0 Å². The lowest BCUT2D eigenvalue weighted by Gasteiger charge is -2.04. The Morgan fingerprint density at radius 2 is 2.31 bits per heavy atom. The standard InChI is InChI=1S/C8H12N2O3/c1-5(12-2)7-9-4-6(10-7)8(11)13-3/h4-5H,1-3H3,(H,9,10). The number of esters is 1. The van der Waals surface area contributed by atoms with Gasteiger partial charge >= 0.3 is 5.97 Å². The Labute approximate surface area is 76.1 Å². The topological polar surface area (TPSA) is 64.2 Å². The number of nitrogens with one attached hydrogen (secondary N) is 1. The third kappa shape index (κ3) is 2.06. The number of carbonyl (C=O) groups excluding carboxylic acids is 1. The molecule has 1 atom stereocenters. The number of H-pyrrole nitrogens is 1. The number of carbonyl (C=O) groups is 1. The molecule has 1 N–H and O–H groups in total. The minimum atomic E-state index is -0.429. The second-order valence-corrected chi connectivity index (χ2v) is 2.55. The predicted octanol–water partition coefficient (Wildman–Crippen LogP) is 0.904. The number of nitrogens with zero attached hydrogens (tertiary/aromatic N) is 1. The van der Waals surface area contributed by atoms with Gasteiger partial charge in [-0.15, -0.1) is 0 Å². The first-order valence-electron chi connectivity index (χ1n) is 3.85. The van der Waals surface area contributed by atoms with Gasteiger partial charge in [-0.05, 0) is 6.92 Å². The maximum Gasteiger partial charge on any atom is 0.356 e. The fraction of sp³-hybridized carbons (Fsp3) is 0.500. The van der Waals surface area contributed by atoms with Gasteiger partial charge in [0.25, 0.3) is 0 Å². The van der Waals surface area contributed by atoms with Gasteiger partial charge in [0, 0.05) is 7.11 Å². The van der Waals surface area contributed by atoms with Crippen LogP contribution in [0.25, 0.3) is 0 Å². The summed E-state index contributed by atoms with van der Waals surface area (Å²) < 4.78 is 9.53. The van der Waals surface area contributed by atoms with Crippen molar-refractivity contribution in [1.82, 2.24) is 9.97 Å². The summed E-state index contributed by atoms with van der Waals surface area (Å²) in [4.78, 5) is 17.8. The van der Waals surface area contributed by atoms with E-state index in [0.29, 0.717) is 11.5 Å². The fourth-order valence-electron chi connectivity index (χ4n) is 0.869. The van der Waals surface area contributed by atoms with Crippen LogP contribution in [0.15, 0.2) is 6.20 Å². The highest BCUT2D eigenvalue weighted by molar-refractivity contribution is 5.86. The highest BCUT2D eigenvalue weighted by Gasteiger charge is 2.12. The molecule has 5 nitrogen and oxygen atoms in total. The lowest BCUT2D eigenvalue weighted by molar-refractivity contribution is 0.0593. The summed E-state index contributed by atoms with van der Waals surface area (Å²) in [5, 5.41) is 0.